The molecule has 2 aromatic rings. The van der Waals surface area contributed by atoms with Gasteiger partial charge in [-0.3, -0.25) is 4.79 Å². The fourth-order valence-electron chi connectivity index (χ4n) is 4.33. The van der Waals surface area contributed by atoms with Gasteiger partial charge in [-0.25, -0.2) is 12.7 Å². The summed E-state index contributed by atoms with van der Waals surface area (Å²) in [5.74, 6) is 1.12. The molecule has 0 saturated carbocycles. The van der Waals surface area contributed by atoms with Gasteiger partial charge in [0.05, 0.1) is 4.90 Å². The number of hydrogen-bond acceptors (Lipinski definition) is 6. The van der Waals surface area contributed by atoms with Crippen LogP contribution in [-0.2, 0) is 20.2 Å². The summed E-state index contributed by atoms with van der Waals surface area (Å²) in [7, 11) is -0.705. The van der Waals surface area contributed by atoms with Crippen LogP contribution in [0.5, 0.6) is 11.5 Å². The van der Waals surface area contributed by atoms with E-state index >= 15 is 0 Å². The molecule has 0 unspecified atom stereocenters. The van der Waals surface area contributed by atoms with E-state index in [9.17, 15) is 13.2 Å². The number of ether oxygens (including phenoxy) is 3. The summed E-state index contributed by atoms with van der Waals surface area (Å²) in [5.41, 5.74) is 2.46. The molecule has 1 saturated heterocycles. The zero-order valence-electron chi connectivity index (χ0n) is 19.4. The highest BCUT2D eigenvalue weighted by molar-refractivity contribution is 7.89. The third-order valence-corrected chi connectivity index (χ3v) is 8.60. The molecule has 8 nitrogen and oxygen atoms in total. The molecule has 0 aromatic heterocycles. The lowest BCUT2D eigenvalue weighted by Crippen LogP contribution is -2.44. The van der Waals surface area contributed by atoms with Crippen LogP contribution >= 0.6 is 0 Å². The zero-order valence-corrected chi connectivity index (χ0v) is 20.3. The van der Waals surface area contributed by atoms with Crippen molar-refractivity contribution < 1.29 is 27.4 Å². The molecule has 0 atom stereocenters. The maximum Gasteiger partial charge on any atom is 0.251 e. The minimum atomic E-state index is -3.67. The molecule has 2 aliphatic rings. The smallest absolute Gasteiger partial charge is 0.251 e. The molecule has 1 N–H and O–H groups in total. The van der Waals surface area contributed by atoms with Crippen molar-refractivity contribution in [2.24, 2.45) is 0 Å². The fraction of sp³-hybridized carbons (Fsp3) is 0.458. The number of benzene rings is 2. The van der Waals surface area contributed by atoms with Gasteiger partial charge >= 0.3 is 0 Å². The molecule has 9 heteroatoms. The Balaban J connectivity index is 1.61. The van der Waals surface area contributed by atoms with E-state index in [2.05, 4.69) is 5.32 Å². The van der Waals surface area contributed by atoms with Crippen LogP contribution in [0.1, 0.15) is 39.9 Å². The van der Waals surface area contributed by atoms with E-state index in [0.717, 1.165) is 34.0 Å². The van der Waals surface area contributed by atoms with Crippen LogP contribution in [0.15, 0.2) is 35.2 Å². The lowest BCUT2D eigenvalue weighted by molar-refractivity contribution is 0.0486. The maximum absolute atomic E-state index is 13.2. The highest BCUT2D eigenvalue weighted by atomic mass is 32.2. The Kier molecular flexibility index (Phi) is 6.39. The standard InChI is InChI=1S/C24H30N2O6S/c1-16-11-18(12-22(17(16)2)33(28,29)26(3)4)23(27)25-14-24(7-9-30-10-8-24)19-5-6-20-21(13-19)32-15-31-20/h5-6,11-13H,7-10,14-15H2,1-4H3,(H,25,27). The summed E-state index contributed by atoms with van der Waals surface area (Å²) in [6, 6.07) is 9.10. The summed E-state index contributed by atoms with van der Waals surface area (Å²) < 4.78 is 43.3. The molecular weight excluding hydrogens is 444 g/mol. The second-order valence-electron chi connectivity index (χ2n) is 8.85. The predicted molar refractivity (Wildman–Crippen MR) is 123 cm³/mol. The van der Waals surface area contributed by atoms with Gasteiger partial charge in [-0.05, 0) is 67.6 Å². The van der Waals surface area contributed by atoms with E-state index in [4.69, 9.17) is 14.2 Å². The SMILES string of the molecule is Cc1cc(C(=O)NCC2(c3ccc4c(c3)OCO4)CCOCC2)cc(S(=O)(=O)N(C)C)c1C. The van der Waals surface area contributed by atoms with Crippen molar-refractivity contribution in [3.8, 4) is 11.5 Å². The van der Waals surface area contributed by atoms with Crippen molar-refractivity contribution in [2.45, 2.75) is 37.0 Å². The predicted octanol–water partition coefficient (Wildman–Crippen LogP) is 2.76. The van der Waals surface area contributed by atoms with Crippen molar-refractivity contribution in [3.63, 3.8) is 0 Å². The summed E-state index contributed by atoms with van der Waals surface area (Å²) in [5, 5.41) is 3.06. The first-order valence-electron chi connectivity index (χ1n) is 10.9. The molecule has 0 spiro atoms. The summed E-state index contributed by atoms with van der Waals surface area (Å²) in [6.07, 6.45) is 1.50. The number of nitrogens with one attached hydrogen (secondary N) is 1. The van der Waals surface area contributed by atoms with Crippen LogP contribution in [0.3, 0.4) is 0 Å². The Labute approximate surface area is 194 Å². The molecule has 1 amide bonds. The maximum atomic E-state index is 13.2. The average molecular weight is 475 g/mol. The molecule has 2 aromatic carbocycles. The summed E-state index contributed by atoms with van der Waals surface area (Å²) >= 11 is 0. The van der Waals surface area contributed by atoms with Crippen LogP contribution in [0, 0.1) is 13.8 Å². The van der Waals surface area contributed by atoms with Gasteiger partial charge in [0.2, 0.25) is 16.8 Å². The van der Waals surface area contributed by atoms with Crippen molar-refractivity contribution in [1.29, 1.82) is 0 Å². The van der Waals surface area contributed by atoms with Crippen LogP contribution in [-0.4, -0.2) is 59.3 Å². The Bertz CT molecular complexity index is 1170. The third kappa shape index (κ3) is 4.45. The number of aryl methyl sites for hydroxylation is 1. The lowest BCUT2D eigenvalue weighted by atomic mass is 9.74. The number of hydrogen-bond donors (Lipinski definition) is 1. The van der Waals surface area contributed by atoms with Crippen molar-refractivity contribution in [2.75, 3.05) is 40.6 Å². The first kappa shape index (κ1) is 23.5. The zero-order chi connectivity index (χ0) is 23.8. The largest absolute Gasteiger partial charge is 0.454 e. The van der Waals surface area contributed by atoms with Crippen molar-refractivity contribution in [1.82, 2.24) is 9.62 Å². The topological polar surface area (TPSA) is 94.2 Å². The van der Waals surface area contributed by atoms with E-state index in [0.29, 0.717) is 36.6 Å². The average Bonchev–Trinajstić information content (AvgIpc) is 3.27. The normalized spacial score (nSPS) is 17.2. The third-order valence-electron chi connectivity index (χ3n) is 6.66. The number of nitrogens with zero attached hydrogens (tertiary/aromatic N) is 1. The molecule has 33 heavy (non-hydrogen) atoms. The molecule has 2 heterocycles. The van der Waals surface area contributed by atoms with E-state index in [1.165, 1.54) is 20.2 Å². The molecule has 4 rings (SSSR count). The van der Waals surface area contributed by atoms with Gasteiger partial charge in [0, 0.05) is 44.8 Å². The van der Waals surface area contributed by atoms with Crippen LogP contribution in [0.4, 0.5) is 0 Å². The molecule has 0 aliphatic carbocycles. The molecule has 0 radical (unpaired) electrons. The fourth-order valence-corrected chi connectivity index (χ4v) is 5.55. The Morgan fingerprint density at radius 3 is 2.45 bits per heavy atom. The Morgan fingerprint density at radius 2 is 1.76 bits per heavy atom. The number of fused-ring (bicyclic) bond motifs is 1. The number of carbonyl (C=O) groups excluding carboxylic acids is 1. The Hall–Kier alpha value is -2.62. The van der Waals surface area contributed by atoms with Crippen molar-refractivity contribution in [3.05, 3.63) is 52.6 Å². The molecular formula is C24H30N2O6S. The number of rotatable bonds is 6. The van der Waals surface area contributed by atoms with Crippen LogP contribution in [0.25, 0.3) is 0 Å². The van der Waals surface area contributed by atoms with E-state index in [-0.39, 0.29) is 23.0 Å². The van der Waals surface area contributed by atoms with E-state index in [1.807, 2.05) is 25.1 Å². The molecule has 178 valence electrons. The van der Waals surface area contributed by atoms with E-state index in [1.54, 1.807) is 13.0 Å². The van der Waals surface area contributed by atoms with Gasteiger partial charge in [0.1, 0.15) is 0 Å². The monoisotopic (exact) mass is 474 g/mol. The van der Waals surface area contributed by atoms with Gasteiger partial charge in [0.25, 0.3) is 5.91 Å². The number of amides is 1. The van der Waals surface area contributed by atoms with Crippen molar-refractivity contribution >= 4 is 15.9 Å². The number of sulfonamides is 1. The van der Waals surface area contributed by atoms with Crippen LogP contribution < -0.4 is 14.8 Å². The molecule has 0 bridgehead atoms. The first-order chi connectivity index (χ1) is 15.6. The number of carbonyl (C=O) groups is 1. The lowest BCUT2D eigenvalue weighted by Gasteiger charge is -2.38. The molecule has 2 aliphatic heterocycles. The quantitative estimate of drug-likeness (QED) is 0.692. The van der Waals surface area contributed by atoms with Gasteiger partial charge < -0.3 is 19.5 Å². The minimum Gasteiger partial charge on any atom is -0.454 e. The minimum absolute atomic E-state index is 0.147. The summed E-state index contributed by atoms with van der Waals surface area (Å²) in [4.78, 5) is 13.3. The second kappa shape index (κ2) is 8.96. The van der Waals surface area contributed by atoms with Gasteiger partial charge in [-0.2, -0.15) is 0 Å². The second-order valence-corrected chi connectivity index (χ2v) is 11.0. The van der Waals surface area contributed by atoms with Gasteiger partial charge in [-0.15, -0.1) is 0 Å². The molecule has 1 fully saturated rings. The van der Waals surface area contributed by atoms with Gasteiger partial charge in [0.15, 0.2) is 11.5 Å². The first-order valence-corrected chi connectivity index (χ1v) is 12.4. The highest BCUT2D eigenvalue weighted by Crippen LogP contribution is 2.40. The van der Waals surface area contributed by atoms with Crippen LogP contribution in [0.2, 0.25) is 0 Å². The highest BCUT2D eigenvalue weighted by Gasteiger charge is 2.36. The summed E-state index contributed by atoms with van der Waals surface area (Å²) in [6.45, 7) is 5.36. The van der Waals surface area contributed by atoms with E-state index < -0.39 is 10.0 Å². The Morgan fingerprint density at radius 1 is 1.06 bits per heavy atom. The van der Waals surface area contributed by atoms with Gasteiger partial charge in [-0.1, -0.05) is 6.07 Å².